The molecule has 0 saturated carbocycles. The Morgan fingerprint density at radius 2 is 1.71 bits per heavy atom. The van der Waals surface area contributed by atoms with Crippen LogP contribution in [0.25, 0.3) is 0 Å². The lowest BCUT2D eigenvalue weighted by Gasteiger charge is -2.36. The first-order valence-electron chi connectivity index (χ1n) is 14.7. The summed E-state index contributed by atoms with van der Waals surface area (Å²) in [5, 5.41) is 21.8. The summed E-state index contributed by atoms with van der Waals surface area (Å²) in [6, 6.07) is 19.2. The minimum atomic E-state index is -4.08. The zero-order valence-electron chi connectivity index (χ0n) is 25.7. The Bertz CT molecular complexity index is 1970. The van der Waals surface area contributed by atoms with Gasteiger partial charge in [-0.3, -0.25) is 9.67 Å². The molecule has 0 aliphatic heterocycles. The van der Waals surface area contributed by atoms with Crippen molar-refractivity contribution >= 4 is 17.7 Å². The number of halogens is 4. The molecule has 0 aliphatic carbocycles. The van der Waals surface area contributed by atoms with Gasteiger partial charge in [0.1, 0.15) is 30.3 Å². The summed E-state index contributed by atoms with van der Waals surface area (Å²) < 4.78 is 68.8. The average molecular weight is 675 g/mol. The Balaban J connectivity index is 1.31. The molecule has 0 radical (unpaired) electrons. The first-order chi connectivity index (χ1) is 23.1. The Hall–Kier alpha value is -5.32. The van der Waals surface area contributed by atoms with Gasteiger partial charge in [-0.05, 0) is 78.7 Å². The molecule has 0 fully saturated rings. The number of rotatable bonds is 12. The number of ether oxygens (including phenoxy) is 1. The molecule has 48 heavy (non-hydrogen) atoms. The molecule has 1 atom stereocenters. The van der Waals surface area contributed by atoms with Crippen molar-refractivity contribution in [2.24, 2.45) is 21.2 Å². The Kier molecular flexibility index (Phi) is 10.7. The summed E-state index contributed by atoms with van der Waals surface area (Å²) in [4.78, 5) is 5.91. The topological polar surface area (TPSA) is 110 Å². The quantitative estimate of drug-likeness (QED) is 0.0279. The second-order valence-corrected chi connectivity index (χ2v) is 11.9. The van der Waals surface area contributed by atoms with Crippen molar-refractivity contribution in [3.05, 3.63) is 140 Å². The van der Waals surface area contributed by atoms with E-state index in [9.17, 15) is 13.9 Å². The molecule has 0 saturated heterocycles. The van der Waals surface area contributed by atoms with Gasteiger partial charge in [-0.25, -0.2) is 8.78 Å². The number of aromatic nitrogens is 2. The van der Waals surface area contributed by atoms with Crippen molar-refractivity contribution in [2.75, 3.05) is 6.54 Å². The normalized spacial score (nSPS) is 13.0. The minimum Gasteiger partial charge on any atom is -0.488 e. The van der Waals surface area contributed by atoms with Crippen LogP contribution in [-0.2, 0) is 31.1 Å². The van der Waals surface area contributed by atoms with Gasteiger partial charge in [0.25, 0.3) is 0 Å². The van der Waals surface area contributed by atoms with Crippen LogP contribution in [0, 0.1) is 23.5 Å². The van der Waals surface area contributed by atoms with E-state index in [1.165, 1.54) is 17.0 Å². The number of benzene rings is 3. The van der Waals surface area contributed by atoms with E-state index in [-0.39, 0.29) is 12.0 Å². The predicted octanol–water partition coefficient (Wildman–Crippen LogP) is 7.15. The van der Waals surface area contributed by atoms with Crippen LogP contribution >= 0.6 is 11.3 Å². The van der Waals surface area contributed by atoms with Gasteiger partial charge in [-0.15, -0.1) is 16.5 Å². The third kappa shape index (κ3) is 7.79. The van der Waals surface area contributed by atoms with Gasteiger partial charge in [0.2, 0.25) is 0 Å². The molecule has 2 heterocycles. The third-order valence-corrected chi connectivity index (χ3v) is 8.47. The fraction of sp³-hybridized carbons (Fsp3) is 0.200. The van der Waals surface area contributed by atoms with E-state index in [2.05, 4.69) is 38.3 Å². The van der Waals surface area contributed by atoms with E-state index >= 15 is 8.78 Å². The molecule has 8 nitrogen and oxygen atoms in total. The number of aryl methyl sites for hydroxylation is 1. The number of nitrogens with zero attached hydrogens (tertiary/aromatic N) is 5. The minimum absolute atomic E-state index is 0.147. The Morgan fingerprint density at radius 3 is 2.42 bits per heavy atom. The number of aliphatic hydroxyl groups is 1. The molecule has 13 heteroatoms. The number of nitrogens with two attached hydrogens (primary N) is 1. The van der Waals surface area contributed by atoms with Crippen molar-refractivity contribution in [1.82, 2.24) is 9.78 Å². The van der Waals surface area contributed by atoms with Crippen molar-refractivity contribution < 1.29 is 27.4 Å². The zero-order valence-corrected chi connectivity index (χ0v) is 26.5. The number of hydrogen-bond donors (Lipinski definition) is 2. The molecule has 0 spiro atoms. The smallest absolute Gasteiger partial charge is 0.307 e. The fourth-order valence-corrected chi connectivity index (χ4v) is 5.91. The maximum Gasteiger partial charge on any atom is 0.307 e. The van der Waals surface area contributed by atoms with Gasteiger partial charge in [0, 0.05) is 50.5 Å². The Labute approximate surface area is 278 Å². The summed E-state index contributed by atoms with van der Waals surface area (Å²) in [6.07, 6.45) is 4.56. The lowest BCUT2D eigenvalue weighted by atomic mass is 9.81. The number of thiophene rings is 1. The van der Waals surface area contributed by atoms with Crippen LogP contribution in [0.3, 0.4) is 0 Å². The second kappa shape index (κ2) is 15.1. The summed E-state index contributed by atoms with van der Waals surface area (Å²) >= 11 is 1.65. The fourth-order valence-electron chi connectivity index (χ4n) is 4.98. The van der Waals surface area contributed by atoms with Crippen LogP contribution < -0.4 is 10.6 Å². The molecule has 0 bridgehead atoms. The molecule has 0 amide bonds. The predicted molar refractivity (Wildman–Crippen MR) is 175 cm³/mol. The maximum atomic E-state index is 16.3. The lowest BCUT2D eigenvalue weighted by Crippen LogP contribution is -2.47. The number of hydrogen-bond acceptors (Lipinski definition) is 6. The molecule has 5 rings (SSSR count). The molecule has 1 unspecified atom stereocenters. The van der Waals surface area contributed by atoms with Crippen molar-refractivity contribution in [1.29, 1.82) is 0 Å². The van der Waals surface area contributed by atoms with Crippen LogP contribution in [0.5, 0.6) is 5.75 Å². The Morgan fingerprint density at radius 1 is 0.979 bits per heavy atom. The van der Waals surface area contributed by atoms with E-state index in [1.807, 2.05) is 23.0 Å². The highest BCUT2D eigenvalue weighted by molar-refractivity contribution is 7.11. The van der Waals surface area contributed by atoms with Crippen molar-refractivity contribution in [2.45, 2.75) is 38.0 Å². The largest absolute Gasteiger partial charge is 0.488 e. The SMILES string of the molecule is CCc1cc(C#Cc2ccc(OCc3ccc(Cn4cccn4)s3)cc2)ccc1C(F)(F)C(O)(CN=CN=NN)c1ccc(F)cc1F. The summed E-state index contributed by atoms with van der Waals surface area (Å²) in [5.74, 6) is 5.16. The van der Waals surface area contributed by atoms with Gasteiger partial charge in [-0.1, -0.05) is 30.1 Å². The molecule has 3 N–H and O–H groups in total. The van der Waals surface area contributed by atoms with E-state index in [0.29, 0.717) is 36.1 Å². The summed E-state index contributed by atoms with van der Waals surface area (Å²) in [5.41, 5.74) is -3.30. The molecule has 246 valence electrons. The zero-order chi connectivity index (χ0) is 34.1. The van der Waals surface area contributed by atoms with E-state index in [4.69, 9.17) is 10.6 Å². The third-order valence-electron chi connectivity index (χ3n) is 7.42. The second-order valence-electron chi connectivity index (χ2n) is 10.6. The molecule has 3 aromatic carbocycles. The first-order valence-corrected chi connectivity index (χ1v) is 15.5. The van der Waals surface area contributed by atoms with Gasteiger partial charge in [-0.2, -0.15) is 13.9 Å². The van der Waals surface area contributed by atoms with Crippen LogP contribution in [0.1, 0.15) is 44.5 Å². The van der Waals surface area contributed by atoms with Crippen LogP contribution in [-0.4, -0.2) is 27.8 Å². The molecule has 5 aromatic rings. The van der Waals surface area contributed by atoms with E-state index < -0.39 is 40.8 Å². The van der Waals surface area contributed by atoms with Crippen molar-refractivity contribution in [3.8, 4) is 17.6 Å². The van der Waals surface area contributed by atoms with Gasteiger partial charge in [0.15, 0.2) is 5.60 Å². The van der Waals surface area contributed by atoms with Crippen molar-refractivity contribution in [3.63, 3.8) is 0 Å². The summed E-state index contributed by atoms with van der Waals surface area (Å²) in [6.45, 7) is 1.76. The standard InChI is InChI=1S/C35H30F4N6O2S/c1-2-26-18-25(5-4-24-6-10-28(11-7-24)47-21-30-13-12-29(48-30)20-45-17-3-16-43-45)8-14-31(26)35(38,39)34(46,22-41-23-42-44-40)32-15-9-27(36)19-33(32)37/h3,6-19,23,46H,2,20-22H2,1H3,(H2,40,41,42). The number of alkyl halides is 2. The summed E-state index contributed by atoms with van der Waals surface area (Å²) in [7, 11) is 0. The first kappa shape index (κ1) is 34.0. The monoisotopic (exact) mass is 674 g/mol. The molecule has 0 aliphatic rings. The highest BCUT2D eigenvalue weighted by Crippen LogP contribution is 2.48. The highest BCUT2D eigenvalue weighted by atomic mass is 32.1. The highest BCUT2D eigenvalue weighted by Gasteiger charge is 2.57. The van der Waals surface area contributed by atoms with E-state index in [0.717, 1.165) is 29.4 Å². The lowest BCUT2D eigenvalue weighted by molar-refractivity contribution is -0.191. The van der Waals surface area contributed by atoms with Gasteiger partial charge < -0.3 is 15.7 Å². The number of aliphatic imine (C=N–C) groups is 1. The molecular formula is C35H30F4N6O2S. The van der Waals surface area contributed by atoms with E-state index in [1.54, 1.807) is 48.7 Å². The molecular weight excluding hydrogens is 644 g/mol. The van der Waals surface area contributed by atoms with Crippen LogP contribution in [0.2, 0.25) is 0 Å². The van der Waals surface area contributed by atoms with Crippen LogP contribution in [0.4, 0.5) is 17.6 Å². The maximum absolute atomic E-state index is 16.3. The van der Waals surface area contributed by atoms with Gasteiger partial charge >= 0.3 is 5.92 Å². The van der Waals surface area contributed by atoms with Gasteiger partial charge in [0.05, 0.1) is 13.1 Å². The average Bonchev–Trinajstić information content (AvgIpc) is 3.77. The molecule has 2 aromatic heterocycles. The van der Waals surface area contributed by atoms with Crippen LogP contribution in [0.15, 0.2) is 107 Å².